The number of aliphatic hydroxyl groups is 3. The molecule has 9 heteroatoms. The van der Waals surface area contributed by atoms with E-state index in [1.165, 1.54) is 18.2 Å². The molecule has 0 saturated carbocycles. The van der Waals surface area contributed by atoms with Crippen molar-refractivity contribution in [3.05, 3.63) is 48.5 Å². The van der Waals surface area contributed by atoms with Gasteiger partial charge in [0.05, 0.1) is 12.9 Å². The zero-order valence-corrected chi connectivity index (χ0v) is 15.2. The predicted molar refractivity (Wildman–Crippen MR) is 102 cm³/mol. The van der Waals surface area contributed by atoms with E-state index in [1.807, 2.05) is 18.2 Å². The molecule has 9 nitrogen and oxygen atoms in total. The maximum Gasteiger partial charge on any atom is 0.167 e. The number of imidazole rings is 1. The van der Waals surface area contributed by atoms with Gasteiger partial charge in [0.2, 0.25) is 0 Å². The number of ether oxygens (including phenoxy) is 1. The van der Waals surface area contributed by atoms with Gasteiger partial charge < -0.3 is 25.4 Å². The van der Waals surface area contributed by atoms with E-state index in [1.54, 1.807) is 4.57 Å². The fraction of sp³-hybridized carbons (Fsp3) is 0.421. The molecule has 0 spiro atoms. The SMILES string of the molecule is OC[C@H]1O[C@@H](n2cnc3c(NCCCc4ccccc4)ncnc32)C(O)C1O. The summed E-state index contributed by atoms with van der Waals surface area (Å²) < 4.78 is 7.12. The summed E-state index contributed by atoms with van der Waals surface area (Å²) in [6.45, 7) is 0.340. The van der Waals surface area contributed by atoms with Crippen LogP contribution in [-0.2, 0) is 11.2 Å². The highest BCUT2D eigenvalue weighted by Crippen LogP contribution is 2.32. The molecule has 0 bridgehead atoms. The number of rotatable bonds is 7. The van der Waals surface area contributed by atoms with Gasteiger partial charge in [0, 0.05) is 6.54 Å². The molecule has 4 atom stereocenters. The van der Waals surface area contributed by atoms with Gasteiger partial charge in [-0.2, -0.15) is 0 Å². The molecular formula is C19H23N5O4. The second-order valence-corrected chi connectivity index (χ2v) is 6.79. The van der Waals surface area contributed by atoms with E-state index >= 15 is 0 Å². The highest BCUT2D eigenvalue weighted by Gasteiger charge is 2.44. The Labute approximate surface area is 161 Å². The number of benzene rings is 1. The Hall–Kier alpha value is -2.59. The third-order valence-corrected chi connectivity index (χ3v) is 4.93. The number of anilines is 1. The van der Waals surface area contributed by atoms with Crippen LogP contribution >= 0.6 is 0 Å². The number of hydrogen-bond acceptors (Lipinski definition) is 8. The summed E-state index contributed by atoms with van der Waals surface area (Å²) in [5.74, 6) is 0.601. The predicted octanol–water partition coefficient (Wildman–Crippen LogP) is 0.482. The molecule has 0 radical (unpaired) electrons. The van der Waals surface area contributed by atoms with Crippen LogP contribution in [0.2, 0.25) is 0 Å². The molecule has 28 heavy (non-hydrogen) atoms. The summed E-state index contributed by atoms with van der Waals surface area (Å²) in [6.07, 6.45) is 0.713. The van der Waals surface area contributed by atoms with Crippen LogP contribution in [0.25, 0.3) is 11.2 Å². The fourth-order valence-corrected chi connectivity index (χ4v) is 3.42. The summed E-state index contributed by atoms with van der Waals surface area (Å²) in [7, 11) is 0. The van der Waals surface area contributed by atoms with Crippen molar-refractivity contribution in [2.45, 2.75) is 37.4 Å². The van der Waals surface area contributed by atoms with Crippen molar-refractivity contribution in [1.29, 1.82) is 0 Å². The van der Waals surface area contributed by atoms with Crippen LogP contribution in [0.4, 0.5) is 5.82 Å². The van der Waals surface area contributed by atoms with E-state index in [0.717, 1.165) is 19.4 Å². The van der Waals surface area contributed by atoms with Gasteiger partial charge in [-0.15, -0.1) is 0 Å². The lowest BCUT2D eigenvalue weighted by molar-refractivity contribution is -0.0511. The van der Waals surface area contributed by atoms with E-state index in [4.69, 9.17) is 4.74 Å². The highest BCUT2D eigenvalue weighted by molar-refractivity contribution is 5.82. The van der Waals surface area contributed by atoms with Crippen molar-refractivity contribution in [1.82, 2.24) is 19.5 Å². The lowest BCUT2D eigenvalue weighted by atomic mass is 10.1. The number of nitrogens with one attached hydrogen (secondary N) is 1. The molecule has 2 aromatic heterocycles. The van der Waals surface area contributed by atoms with Crippen molar-refractivity contribution < 1.29 is 20.1 Å². The van der Waals surface area contributed by atoms with Gasteiger partial charge >= 0.3 is 0 Å². The summed E-state index contributed by atoms with van der Waals surface area (Å²) in [4.78, 5) is 12.9. The molecule has 1 aromatic carbocycles. The Bertz CT molecular complexity index is 919. The molecule has 1 fully saturated rings. The number of fused-ring (bicyclic) bond motifs is 1. The first kappa shape index (κ1) is 18.8. The highest BCUT2D eigenvalue weighted by atomic mass is 16.6. The molecule has 148 valence electrons. The lowest BCUT2D eigenvalue weighted by Gasteiger charge is -2.16. The third kappa shape index (κ3) is 3.57. The van der Waals surface area contributed by atoms with Crippen LogP contribution in [0.15, 0.2) is 43.0 Å². The van der Waals surface area contributed by atoms with Crippen LogP contribution < -0.4 is 5.32 Å². The van der Waals surface area contributed by atoms with E-state index in [9.17, 15) is 15.3 Å². The van der Waals surface area contributed by atoms with E-state index < -0.39 is 24.5 Å². The second-order valence-electron chi connectivity index (χ2n) is 6.79. The molecule has 1 aliphatic rings. The molecule has 3 aromatic rings. The summed E-state index contributed by atoms with van der Waals surface area (Å²) in [6, 6.07) is 10.3. The molecule has 3 heterocycles. The minimum atomic E-state index is -1.19. The normalized spacial score (nSPS) is 24.7. The quantitative estimate of drug-likeness (QED) is 0.433. The van der Waals surface area contributed by atoms with E-state index in [0.29, 0.717) is 17.0 Å². The van der Waals surface area contributed by atoms with Gasteiger partial charge in [-0.3, -0.25) is 4.57 Å². The first-order valence-electron chi connectivity index (χ1n) is 9.27. The largest absolute Gasteiger partial charge is 0.394 e. The first-order chi connectivity index (χ1) is 13.7. The molecule has 0 amide bonds. The van der Waals surface area contributed by atoms with E-state index in [2.05, 4.69) is 32.4 Å². The fourth-order valence-electron chi connectivity index (χ4n) is 3.42. The van der Waals surface area contributed by atoms with Gasteiger partial charge in [-0.05, 0) is 18.4 Å². The zero-order valence-electron chi connectivity index (χ0n) is 15.2. The van der Waals surface area contributed by atoms with Crippen molar-refractivity contribution in [3.63, 3.8) is 0 Å². The number of aromatic nitrogens is 4. The molecule has 4 rings (SSSR count). The standard InChI is InChI=1S/C19H23N5O4/c25-9-13-15(26)16(27)19(28-13)24-11-23-14-17(21-10-22-18(14)24)20-8-4-7-12-5-2-1-3-6-12/h1-3,5-6,10-11,13,15-16,19,25-27H,4,7-9H2,(H,20,21,22)/t13-,15?,16?,19-/m1/s1. The summed E-state index contributed by atoms with van der Waals surface area (Å²) in [5, 5.41) is 32.8. The average Bonchev–Trinajstić information content (AvgIpc) is 3.28. The van der Waals surface area contributed by atoms with Gasteiger partial charge in [0.25, 0.3) is 0 Å². The molecule has 2 unspecified atom stereocenters. The number of hydrogen-bond donors (Lipinski definition) is 4. The van der Waals surface area contributed by atoms with Gasteiger partial charge in [-0.25, -0.2) is 15.0 Å². The maximum atomic E-state index is 10.2. The zero-order chi connectivity index (χ0) is 19.5. The smallest absolute Gasteiger partial charge is 0.167 e. The van der Waals surface area contributed by atoms with Crippen LogP contribution in [-0.4, -0.2) is 66.3 Å². The molecule has 0 aliphatic carbocycles. The van der Waals surface area contributed by atoms with Gasteiger partial charge in [-0.1, -0.05) is 30.3 Å². The lowest BCUT2D eigenvalue weighted by Crippen LogP contribution is -2.33. The average molecular weight is 385 g/mol. The minimum Gasteiger partial charge on any atom is -0.394 e. The Morgan fingerprint density at radius 2 is 1.89 bits per heavy atom. The monoisotopic (exact) mass is 385 g/mol. The number of aliphatic hydroxyl groups excluding tert-OH is 3. The van der Waals surface area contributed by atoms with Crippen LogP contribution in [0.3, 0.4) is 0 Å². The van der Waals surface area contributed by atoms with Crippen molar-refractivity contribution in [2.24, 2.45) is 0 Å². The third-order valence-electron chi connectivity index (χ3n) is 4.93. The molecular weight excluding hydrogens is 362 g/mol. The van der Waals surface area contributed by atoms with Crippen LogP contribution in [0, 0.1) is 0 Å². The first-order valence-corrected chi connectivity index (χ1v) is 9.27. The second kappa shape index (κ2) is 8.19. The Balaban J connectivity index is 1.46. The Morgan fingerprint density at radius 1 is 1.07 bits per heavy atom. The molecule has 1 aliphatic heterocycles. The van der Waals surface area contributed by atoms with Gasteiger partial charge in [0.1, 0.15) is 24.6 Å². The Kier molecular flexibility index (Phi) is 5.49. The number of aryl methyl sites for hydroxylation is 1. The molecule has 1 saturated heterocycles. The summed E-state index contributed by atoms with van der Waals surface area (Å²) in [5.41, 5.74) is 2.32. The van der Waals surface area contributed by atoms with Gasteiger partial charge in [0.15, 0.2) is 23.2 Å². The Morgan fingerprint density at radius 3 is 2.64 bits per heavy atom. The van der Waals surface area contributed by atoms with Crippen LogP contribution in [0.5, 0.6) is 0 Å². The maximum absolute atomic E-state index is 10.2. The summed E-state index contributed by atoms with van der Waals surface area (Å²) >= 11 is 0. The topological polar surface area (TPSA) is 126 Å². The van der Waals surface area contributed by atoms with Crippen molar-refractivity contribution >= 4 is 17.0 Å². The minimum absolute atomic E-state index is 0.384. The molecule has 4 N–H and O–H groups in total. The van der Waals surface area contributed by atoms with Crippen LogP contribution in [0.1, 0.15) is 18.2 Å². The number of nitrogens with zero attached hydrogens (tertiary/aromatic N) is 4. The van der Waals surface area contributed by atoms with Crippen molar-refractivity contribution in [2.75, 3.05) is 18.5 Å². The van der Waals surface area contributed by atoms with Crippen molar-refractivity contribution in [3.8, 4) is 0 Å². The van der Waals surface area contributed by atoms with E-state index in [-0.39, 0.29) is 6.61 Å².